The first-order valence-electron chi connectivity index (χ1n) is 5.17. The van der Waals surface area contributed by atoms with Crippen LogP contribution in [0.2, 0.25) is 0 Å². The highest BCUT2D eigenvalue weighted by atomic mass is 32.2. The Morgan fingerprint density at radius 1 is 1.42 bits per heavy atom. The molecule has 0 fully saturated rings. The van der Waals surface area contributed by atoms with Gasteiger partial charge in [-0.2, -0.15) is 0 Å². The molecule has 0 bridgehead atoms. The fraction of sp³-hybridized carbons (Fsp3) is 0.200. The average Bonchev–Trinajstić information content (AvgIpc) is 2.95. The highest BCUT2D eigenvalue weighted by molar-refractivity contribution is 7.91. The van der Waals surface area contributed by atoms with E-state index in [0.29, 0.717) is 5.01 Å². The monoisotopic (exact) mass is 317 g/mol. The maximum atomic E-state index is 12.0. The molecule has 19 heavy (non-hydrogen) atoms. The van der Waals surface area contributed by atoms with Crippen LogP contribution in [-0.4, -0.2) is 19.3 Å². The summed E-state index contributed by atoms with van der Waals surface area (Å²) in [6.45, 7) is 1.97. The summed E-state index contributed by atoms with van der Waals surface area (Å²) in [4.78, 5) is 15.1. The lowest BCUT2D eigenvalue weighted by Gasteiger charge is -2.01. The number of nitrogens with two attached hydrogens (primary N) is 1. The molecule has 2 rings (SSSR count). The van der Waals surface area contributed by atoms with Crippen LogP contribution in [0.15, 0.2) is 21.0 Å². The minimum Gasteiger partial charge on any atom is -0.366 e. The summed E-state index contributed by atoms with van der Waals surface area (Å²) in [6, 6.07) is 1.27. The lowest BCUT2D eigenvalue weighted by atomic mass is 10.3. The number of nitrogens with one attached hydrogen (secondary N) is 1. The number of hydrogen-bond acceptors (Lipinski definition) is 6. The van der Waals surface area contributed by atoms with Crippen molar-refractivity contribution in [2.24, 2.45) is 5.73 Å². The summed E-state index contributed by atoms with van der Waals surface area (Å²) in [5.41, 5.74) is 6.13. The van der Waals surface area contributed by atoms with Crippen LogP contribution in [0.3, 0.4) is 0 Å². The molecule has 9 heteroatoms. The second-order valence-electron chi connectivity index (χ2n) is 3.73. The average molecular weight is 317 g/mol. The molecule has 102 valence electrons. The molecule has 0 saturated heterocycles. The number of amides is 1. The molecule has 0 aliphatic heterocycles. The van der Waals surface area contributed by atoms with Gasteiger partial charge in [-0.25, -0.2) is 18.1 Å². The van der Waals surface area contributed by atoms with Crippen molar-refractivity contribution >= 4 is 38.6 Å². The number of carbonyl (C=O) groups excluding carboxylic acids is 1. The SMILES string of the molecule is Cc1csc(CNS(=O)(=O)c2cc(C(N)=O)cs2)n1. The molecule has 0 aliphatic rings. The molecule has 0 radical (unpaired) electrons. The number of rotatable bonds is 5. The summed E-state index contributed by atoms with van der Waals surface area (Å²) in [6.07, 6.45) is 0. The Hall–Kier alpha value is -1.29. The summed E-state index contributed by atoms with van der Waals surface area (Å²) in [7, 11) is -3.63. The summed E-state index contributed by atoms with van der Waals surface area (Å²) in [5, 5.41) is 3.96. The van der Waals surface area contributed by atoms with Crippen molar-refractivity contribution in [3.05, 3.63) is 33.1 Å². The van der Waals surface area contributed by atoms with E-state index in [9.17, 15) is 13.2 Å². The van der Waals surface area contributed by atoms with Crippen molar-refractivity contribution in [3.8, 4) is 0 Å². The van der Waals surface area contributed by atoms with Gasteiger partial charge in [0.1, 0.15) is 9.22 Å². The molecule has 0 spiro atoms. The maximum Gasteiger partial charge on any atom is 0.250 e. The predicted molar refractivity (Wildman–Crippen MR) is 73.7 cm³/mol. The first-order chi connectivity index (χ1) is 8.88. The Kier molecular flexibility index (Phi) is 3.99. The second kappa shape index (κ2) is 5.37. The Bertz CT molecular complexity index is 702. The van der Waals surface area contributed by atoms with Crippen molar-refractivity contribution < 1.29 is 13.2 Å². The van der Waals surface area contributed by atoms with Gasteiger partial charge in [-0.1, -0.05) is 0 Å². The Morgan fingerprint density at radius 3 is 2.68 bits per heavy atom. The van der Waals surface area contributed by atoms with Gasteiger partial charge in [0.25, 0.3) is 0 Å². The zero-order valence-corrected chi connectivity index (χ0v) is 12.4. The third-order valence-corrected chi connectivity index (χ3v) is 6.01. The van der Waals surface area contributed by atoms with Crippen LogP contribution >= 0.6 is 22.7 Å². The van der Waals surface area contributed by atoms with Gasteiger partial charge in [-0.3, -0.25) is 4.79 Å². The zero-order chi connectivity index (χ0) is 14.0. The summed E-state index contributed by atoms with van der Waals surface area (Å²) in [5.74, 6) is -0.645. The molecule has 0 aliphatic carbocycles. The number of nitrogens with zero attached hydrogens (tertiary/aromatic N) is 1. The number of thiazole rings is 1. The van der Waals surface area contributed by atoms with Crippen LogP contribution < -0.4 is 10.5 Å². The molecule has 0 saturated carbocycles. The molecule has 2 aromatic rings. The van der Waals surface area contributed by atoms with Crippen molar-refractivity contribution in [1.29, 1.82) is 0 Å². The first kappa shape index (κ1) is 14.1. The van der Waals surface area contributed by atoms with Gasteiger partial charge in [-0.15, -0.1) is 22.7 Å². The molecule has 0 aromatic carbocycles. The van der Waals surface area contributed by atoms with Gasteiger partial charge in [0, 0.05) is 16.5 Å². The van der Waals surface area contributed by atoms with Gasteiger partial charge >= 0.3 is 0 Å². The van der Waals surface area contributed by atoms with Crippen LogP contribution in [0.5, 0.6) is 0 Å². The standard InChI is InChI=1S/C10H11N3O3S3/c1-6-4-17-8(13-6)3-12-19(15,16)9-2-7(5-18-9)10(11)14/h2,4-5,12H,3H2,1H3,(H2,11,14). The van der Waals surface area contributed by atoms with E-state index in [1.54, 1.807) is 0 Å². The van der Waals surface area contributed by atoms with E-state index in [1.807, 2.05) is 12.3 Å². The third-order valence-electron chi connectivity index (χ3n) is 2.20. The van der Waals surface area contributed by atoms with Gasteiger partial charge in [0.05, 0.1) is 12.1 Å². The van der Waals surface area contributed by atoms with Crippen LogP contribution in [0.25, 0.3) is 0 Å². The van der Waals surface area contributed by atoms with Gasteiger partial charge in [0.2, 0.25) is 15.9 Å². The van der Waals surface area contributed by atoms with Crippen LogP contribution in [0.1, 0.15) is 21.1 Å². The van der Waals surface area contributed by atoms with Crippen molar-refractivity contribution in [2.75, 3.05) is 0 Å². The highest BCUT2D eigenvalue weighted by Crippen LogP contribution is 2.20. The minimum absolute atomic E-state index is 0.0644. The van der Waals surface area contributed by atoms with Crippen LogP contribution in [-0.2, 0) is 16.6 Å². The number of hydrogen-bond donors (Lipinski definition) is 2. The maximum absolute atomic E-state index is 12.0. The lowest BCUT2D eigenvalue weighted by molar-refractivity contribution is 0.100. The number of sulfonamides is 1. The molecular weight excluding hydrogens is 306 g/mol. The quantitative estimate of drug-likeness (QED) is 0.861. The van der Waals surface area contributed by atoms with Crippen molar-refractivity contribution in [3.63, 3.8) is 0 Å². The first-order valence-corrected chi connectivity index (χ1v) is 8.42. The minimum atomic E-state index is -3.63. The van der Waals surface area contributed by atoms with Gasteiger partial charge in [0.15, 0.2) is 0 Å². The molecule has 6 nitrogen and oxygen atoms in total. The summed E-state index contributed by atoms with van der Waals surface area (Å²) >= 11 is 2.34. The molecule has 0 unspecified atom stereocenters. The highest BCUT2D eigenvalue weighted by Gasteiger charge is 2.18. The van der Waals surface area contributed by atoms with E-state index < -0.39 is 15.9 Å². The molecule has 2 aromatic heterocycles. The fourth-order valence-corrected chi connectivity index (χ4v) is 4.30. The van der Waals surface area contributed by atoms with Gasteiger partial charge < -0.3 is 5.73 Å². The largest absolute Gasteiger partial charge is 0.366 e. The molecule has 0 atom stereocenters. The Labute approximate surface area is 118 Å². The third kappa shape index (κ3) is 3.38. The number of primary amides is 1. The normalized spacial score (nSPS) is 11.6. The van der Waals surface area contributed by atoms with Crippen LogP contribution in [0.4, 0.5) is 0 Å². The van der Waals surface area contributed by atoms with E-state index >= 15 is 0 Å². The van der Waals surface area contributed by atoms with Crippen molar-refractivity contribution in [1.82, 2.24) is 9.71 Å². The zero-order valence-electron chi connectivity index (χ0n) is 9.91. The van der Waals surface area contributed by atoms with E-state index in [2.05, 4.69) is 9.71 Å². The Morgan fingerprint density at radius 2 is 2.16 bits per heavy atom. The summed E-state index contributed by atoms with van der Waals surface area (Å²) < 4.78 is 26.4. The number of aryl methyl sites for hydroxylation is 1. The smallest absolute Gasteiger partial charge is 0.250 e. The number of thiophene rings is 1. The van der Waals surface area contributed by atoms with E-state index in [4.69, 9.17) is 5.73 Å². The van der Waals surface area contributed by atoms with Gasteiger partial charge in [-0.05, 0) is 13.0 Å². The molecule has 3 N–H and O–H groups in total. The number of carbonyl (C=O) groups is 1. The van der Waals surface area contributed by atoms with E-state index in [0.717, 1.165) is 17.0 Å². The lowest BCUT2D eigenvalue weighted by Crippen LogP contribution is -2.22. The second-order valence-corrected chi connectivity index (χ2v) is 7.57. The van der Waals surface area contributed by atoms with E-state index in [1.165, 1.54) is 22.8 Å². The molecular formula is C10H11N3O3S3. The van der Waals surface area contributed by atoms with Crippen molar-refractivity contribution in [2.45, 2.75) is 17.7 Å². The fourth-order valence-electron chi connectivity index (χ4n) is 1.30. The van der Waals surface area contributed by atoms with E-state index in [-0.39, 0.29) is 16.3 Å². The molecule has 1 amide bonds. The van der Waals surface area contributed by atoms with Crippen LogP contribution in [0, 0.1) is 6.92 Å². The molecule has 2 heterocycles. The predicted octanol–water partition coefficient (Wildman–Crippen LogP) is 1.09. The topological polar surface area (TPSA) is 102 Å². The number of aromatic nitrogens is 1. The Balaban J connectivity index is 2.11.